The second-order valence-electron chi connectivity index (χ2n) is 5.68. The number of nitrogens with one attached hydrogen (secondary N) is 1. The number of aromatic nitrogens is 1. The van der Waals surface area contributed by atoms with Crippen molar-refractivity contribution in [3.05, 3.63) is 18.0 Å². The van der Waals surface area contributed by atoms with Crippen LogP contribution in [-0.2, 0) is 10.2 Å². The lowest BCUT2D eigenvalue weighted by Crippen LogP contribution is -2.30. The van der Waals surface area contributed by atoms with E-state index in [0.29, 0.717) is 0 Å². The van der Waals surface area contributed by atoms with Crippen molar-refractivity contribution >= 4 is 17.3 Å². The molecule has 1 N–H and O–H groups in total. The minimum Gasteiger partial charge on any atom is -0.370 e. The minimum absolute atomic E-state index is 0.0504. The Morgan fingerprint density at radius 2 is 2.00 bits per heavy atom. The van der Waals surface area contributed by atoms with Crippen LogP contribution in [0.15, 0.2) is 12.3 Å². The summed E-state index contributed by atoms with van der Waals surface area (Å²) in [5.74, 6) is 0.0504. The zero-order chi connectivity index (χ0) is 12.8. The van der Waals surface area contributed by atoms with Gasteiger partial charge in [0.15, 0.2) is 0 Å². The molecule has 2 aliphatic heterocycles. The van der Waals surface area contributed by atoms with Crippen LogP contribution < -0.4 is 10.2 Å². The summed E-state index contributed by atoms with van der Waals surface area (Å²) in [5, 5.41) is 3.01. The van der Waals surface area contributed by atoms with Crippen molar-refractivity contribution in [2.24, 2.45) is 0 Å². The summed E-state index contributed by atoms with van der Waals surface area (Å²) in [5.41, 5.74) is 2.44. The Morgan fingerprint density at radius 3 is 2.72 bits per heavy atom. The Morgan fingerprint density at radius 1 is 1.28 bits per heavy atom. The molecule has 1 fully saturated rings. The highest BCUT2D eigenvalue weighted by Gasteiger charge is 2.41. The van der Waals surface area contributed by atoms with Crippen LogP contribution in [0.5, 0.6) is 0 Å². The molecule has 0 spiro atoms. The minimum atomic E-state index is -0.513. The average molecular weight is 245 g/mol. The molecule has 1 saturated heterocycles. The number of nitrogens with zero attached hydrogens (tertiary/aromatic N) is 2. The van der Waals surface area contributed by atoms with Crippen LogP contribution in [-0.4, -0.2) is 24.0 Å². The van der Waals surface area contributed by atoms with E-state index < -0.39 is 5.41 Å². The average Bonchev–Trinajstić information content (AvgIpc) is 2.62. The quantitative estimate of drug-likeness (QED) is 0.825. The van der Waals surface area contributed by atoms with Crippen LogP contribution in [0.1, 0.15) is 38.8 Å². The van der Waals surface area contributed by atoms with Crippen LogP contribution >= 0.6 is 0 Å². The summed E-state index contributed by atoms with van der Waals surface area (Å²) in [6.07, 6.45) is 5.59. The first-order chi connectivity index (χ1) is 8.60. The van der Waals surface area contributed by atoms with Crippen LogP contribution in [0, 0.1) is 0 Å². The molecule has 0 bridgehead atoms. The summed E-state index contributed by atoms with van der Waals surface area (Å²) >= 11 is 0. The summed E-state index contributed by atoms with van der Waals surface area (Å²) in [4.78, 5) is 18.8. The molecule has 1 aromatic rings. The van der Waals surface area contributed by atoms with E-state index in [0.717, 1.165) is 30.2 Å². The van der Waals surface area contributed by atoms with Gasteiger partial charge in [0.25, 0.3) is 0 Å². The van der Waals surface area contributed by atoms with Gasteiger partial charge in [0.2, 0.25) is 5.91 Å². The van der Waals surface area contributed by atoms with E-state index in [1.54, 1.807) is 0 Å². The molecule has 4 nitrogen and oxygen atoms in total. The number of fused-ring (bicyclic) bond motifs is 1. The second-order valence-corrected chi connectivity index (χ2v) is 5.68. The molecule has 0 atom stereocenters. The van der Waals surface area contributed by atoms with Crippen molar-refractivity contribution in [2.75, 3.05) is 23.3 Å². The third-order valence-corrected chi connectivity index (χ3v) is 4.02. The fourth-order valence-corrected chi connectivity index (χ4v) is 2.82. The fourth-order valence-electron chi connectivity index (χ4n) is 2.82. The van der Waals surface area contributed by atoms with E-state index in [9.17, 15) is 4.79 Å². The summed E-state index contributed by atoms with van der Waals surface area (Å²) in [6, 6.07) is 2.02. The molecule has 0 saturated carbocycles. The lowest BCUT2D eigenvalue weighted by molar-refractivity contribution is -0.119. The monoisotopic (exact) mass is 245 g/mol. The van der Waals surface area contributed by atoms with Gasteiger partial charge in [0.05, 0.1) is 22.5 Å². The van der Waals surface area contributed by atoms with Gasteiger partial charge in [0.1, 0.15) is 0 Å². The van der Waals surface area contributed by atoms with Crippen LogP contribution in [0.3, 0.4) is 0 Å². The summed E-state index contributed by atoms with van der Waals surface area (Å²) < 4.78 is 0. The Balaban J connectivity index is 2.04. The number of carbonyl (C=O) groups excluding carboxylic acids is 1. The molecule has 1 aromatic heterocycles. The number of carbonyl (C=O) groups is 1. The van der Waals surface area contributed by atoms with Crippen LogP contribution in [0.4, 0.5) is 11.4 Å². The summed E-state index contributed by atoms with van der Waals surface area (Å²) in [6.45, 7) is 6.02. The smallest absolute Gasteiger partial charge is 0.236 e. The molecule has 0 unspecified atom stereocenters. The lowest BCUT2D eigenvalue weighted by atomic mass is 9.90. The molecule has 3 heterocycles. The molecule has 96 valence electrons. The molecule has 0 aliphatic carbocycles. The van der Waals surface area contributed by atoms with E-state index in [-0.39, 0.29) is 5.91 Å². The van der Waals surface area contributed by atoms with Gasteiger partial charge in [-0.1, -0.05) is 0 Å². The molecule has 0 aromatic carbocycles. The number of hydrogen-bond acceptors (Lipinski definition) is 3. The highest BCUT2D eigenvalue weighted by atomic mass is 16.2. The number of rotatable bonds is 1. The van der Waals surface area contributed by atoms with Crippen LogP contribution in [0.25, 0.3) is 0 Å². The zero-order valence-corrected chi connectivity index (χ0v) is 11.0. The number of amides is 1. The van der Waals surface area contributed by atoms with Crippen molar-refractivity contribution < 1.29 is 4.79 Å². The zero-order valence-electron chi connectivity index (χ0n) is 11.0. The first-order valence-corrected chi connectivity index (χ1v) is 6.66. The second kappa shape index (κ2) is 3.97. The van der Waals surface area contributed by atoms with Crippen molar-refractivity contribution in [1.29, 1.82) is 0 Å². The first kappa shape index (κ1) is 11.5. The standard InChI is InChI=1S/C14H19N3O/c1-14(2)12-11(16-13(14)18)10(6-7-15-12)17-8-4-3-5-9-17/h6-7H,3-5,8-9H2,1-2H3,(H,16,18). The Bertz CT molecular complexity index is 490. The van der Waals surface area contributed by atoms with E-state index in [4.69, 9.17) is 0 Å². The molecule has 4 heteroatoms. The SMILES string of the molecule is CC1(C)C(=O)Nc2c(N3CCCCC3)ccnc21. The fraction of sp³-hybridized carbons (Fsp3) is 0.571. The highest BCUT2D eigenvalue weighted by molar-refractivity contribution is 6.07. The molecular formula is C14H19N3O. The molecule has 18 heavy (non-hydrogen) atoms. The topological polar surface area (TPSA) is 45.2 Å². The maximum atomic E-state index is 12.0. The van der Waals surface area contributed by atoms with Gasteiger partial charge in [-0.25, -0.2) is 0 Å². The van der Waals surface area contributed by atoms with Gasteiger partial charge in [-0.2, -0.15) is 0 Å². The third-order valence-electron chi connectivity index (χ3n) is 4.02. The molecular weight excluding hydrogens is 226 g/mol. The largest absolute Gasteiger partial charge is 0.370 e. The van der Waals surface area contributed by atoms with Gasteiger partial charge in [-0.05, 0) is 39.2 Å². The molecule has 1 amide bonds. The predicted octanol–water partition coefficient (Wildman–Crippen LogP) is 2.30. The lowest BCUT2D eigenvalue weighted by Gasteiger charge is -2.30. The Hall–Kier alpha value is -1.58. The van der Waals surface area contributed by atoms with Gasteiger partial charge in [-0.3, -0.25) is 9.78 Å². The number of hydrogen-bond donors (Lipinski definition) is 1. The molecule has 3 rings (SSSR count). The number of piperidine rings is 1. The van der Waals surface area contributed by atoms with E-state index in [2.05, 4.69) is 15.2 Å². The van der Waals surface area contributed by atoms with Gasteiger partial charge < -0.3 is 10.2 Å². The van der Waals surface area contributed by atoms with Crippen LogP contribution in [0.2, 0.25) is 0 Å². The van der Waals surface area contributed by atoms with Gasteiger partial charge >= 0.3 is 0 Å². The van der Waals surface area contributed by atoms with Crippen molar-refractivity contribution in [3.8, 4) is 0 Å². The van der Waals surface area contributed by atoms with Crippen molar-refractivity contribution in [3.63, 3.8) is 0 Å². The molecule has 2 aliphatic rings. The maximum Gasteiger partial charge on any atom is 0.236 e. The number of anilines is 2. The van der Waals surface area contributed by atoms with E-state index >= 15 is 0 Å². The number of pyridine rings is 1. The van der Waals surface area contributed by atoms with Gasteiger partial charge in [0, 0.05) is 19.3 Å². The Kier molecular flexibility index (Phi) is 2.54. The maximum absolute atomic E-state index is 12.0. The molecule has 0 radical (unpaired) electrons. The van der Waals surface area contributed by atoms with Gasteiger partial charge in [-0.15, -0.1) is 0 Å². The van der Waals surface area contributed by atoms with E-state index in [1.165, 1.54) is 19.3 Å². The third kappa shape index (κ3) is 1.59. The van der Waals surface area contributed by atoms with E-state index in [1.807, 2.05) is 26.1 Å². The predicted molar refractivity (Wildman–Crippen MR) is 72.0 cm³/mol. The normalized spacial score (nSPS) is 21.7. The highest BCUT2D eigenvalue weighted by Crippen LogP contribution is 2.41. The first-order valence-electron chi connectivity index (χ1n) is 6.66. The summed E-state index contributed by atoms with van der Waals surface area (Å²) in [7, 11) is 0. The van der Waals surface area contributed by atoms with Crippen molar-refractivity contribution in [2.45, 2.75) is 38.5 Å². The van der Waals surface area contributed by atoms with Crippen molar-refractivity contribution in [1.82, 2.24) is 4.98 Å². The Labute approximate surface area is 107 Å².